The Morgan fingerprint density at radius 3 is 2.89 bits per heavy atom. The molecule has 0 aliphatic rings. The number of urea groups is 1. The zero-order valence-electron chi connectivity index (χ0n) is 10.6. The molecule has 1 heterocycles. The summed E-state index contributed by atoms with van der Waals surface area (Å²) in [6, 6.07) is 1.09. The molecule has 7 heteroatoms. The van der Waals surface area contributed by atoms with E-state index in [1.54, 1.807) is 30.1 Å². The van der Waals surface area contributed by atoms with Crippen LogP contribution in [0.3, 0.4) is 0 Å². The lowest BCUT2D eigenvalue weighted by molar-refractivity contribution is -0.137. The van der Waals surface area contributed by atoms with Gasteiger partial charge in [-0.25, -0.2) is 4.79 Å². The van der Waals surface area contributed by atoms with Crippen molar-refractivity contribution in [1.82, 2.24) is 20.0 Å². The van der Waals surface area contributed by atoms with E-state index < -0.39 is 18.5 Å². The lowest BCUT2D eigenvalue weighted by Gasteiger charge is -2.21. The lowest BCUT2D eigenvalue weighted by Crippen LogP contribution is -2.47. The predicted octanol–water partition coefficient (Wildman–Crippen LogP) is 0.00100. The van der Waals surface area contributed by atoms with Crippen molar-refractivity contribution in [3.05, 3.63) is 18.5 Å². The molecular formula is C12H16N4O3. The molecule has 0 fully saturated rings. The van der Waals surface area contributed by atoms with Crippen LogP contribution in [0.1, 0.15) is 6.92 Å². The molecule has 0 saturated heterocycles. The van der Waals surface area contributed by atoms with Gasteiger partial charge >= 0.3 is 12.0 Å². The van der Waals surface area contributed by atoms with E-state index in [9.17, 15) is 9.59 Å². The van der Waals surface area contributed by atoms with Gasteiger partial charge in [-0.15, -0.1) is 6.42 Å². The number of amides is 2. The fraction of sp³-hybridized carbons (Fsp3) is 0.417. The summed E-state index contributed by atoms with van der Waals surface area (Å²) in [7, 11) is 0. The monoisotopic (exact) mass is 264 g/mol. The first-order valence-electron chi connectivity index (χ1n) is 5.71. The Balaban J connectivity index is 2.51. The van der Waals surface area contributed by atoms with Gasteiger partial charge in [-0.3, -0.25) is 9.48 Å². The number of carbonyl (C=O) groups is 2. The molecule has 1 aromatic rings. The maximum absolute atomic E-state index is 11.8. The van der Waals surface area contributed by atoms with Gasteiger partial charge in [-0.1, -0.05) is 5.92 Å². The quantitative estimate of drug-likeness (QED) is 0.708. The van der Waals surface area contributed by atoms with Crippen molar-refractivity contribution >= 4 is 12.0 Å². The van der Waals surface area contributed by atoms with E-state index in [0.717, 1.165) is 4.90 Å². The minimum Gasteiger partial charge on any atom is -0.480 e. The second kappa shape index (κ2) is 7.06. The van der Waals surface area contributed by atoms with Crippen LogP contribution < -0.4 is 5.32 Å². The summed E-state index contributed by atoms with van der Waals surface area (Å²) in [5, 5.41) is 15.4. The summed E-state index contributed by atoms with van der Waals surface area (Å²) in [4.78, 5) is 23.5. The maximum atomic E-state index is 11.8. The molecule has 0 spiro atoms. The Morgan fingerprint density at radius 1 is 1.63 bits per heavy atom. The number of rotatable bonds is 6. The summed E-state index contributed by atoms with van der Waals surface area (Å²) in [6.45, 7) is 1.82. The van der Waals surface area contributed by atoms with Crippen LogP contribution in [0, 0.1) is 12.3 Å². The highest BCUT2D eigenvalue weighted by Gasteiger charge is 2.17. The summed E-state index contributed by atoms with van der Waals surface area (Å²) in [5.41, 5.74) is 0. The topological polar surface area (TPSA) is 87.5 Å². The Kier molecular flexibility index (Phi) is 5.41. The summed E-state index contributed by atoms with van der Waals surface area (Å²) >= 11 is 0. The van der Waals surface area contributed by atoms with Gasteiger partial charge in [0.2, 0.25) is 0 Å². The van der Waals surface area contributed by atoms with Crippen LogP contribution in [0.15, 0.2) is 18.5 Å². The number of nitrogens with one attached hydrogen (secondary N) is 1. The van der Waals surface area contributed by atoms with Crippen molar-refractivity contribution < 1.29 is 14.7 Å². The van der Waals surface area contributed by atoms with Crippen molar-refractivity contribution in [3.8, 4) is 12.3 Å². The average molecular weight is 264 g/mol. The van der Waals surface area contributed by atoms with Crippen LogP contribution in [-0.2, 0) is 11.3 Å². The van der Waals surface area contributed by atoms with Gasteiger partial charge in [0.25, 0.3) is 0 Å². The second-order valence-electron chi connectivity index (χ2n) is 4.03. The molecule has 0 saturated carbocycles. The highest BCUT2D eigenvalue weighted by atomic mass is 16.4. The van der Waals surface area contributed by atoms with Gasteiger partial charge in [-0.05, 0) is 13.0 Å². The molecule has 1 aromatic heterocycles. The van der Waals surface area contributed by atoms with E-state index >= 15 is 0 Å². The third-order valence-electron chi connectivity index (χ3n) is 2.29. The summed E-state index contributed by atoms with van der Waals surface area (Å²) in [5.74, 6) is 1.15. The average Bonchev–Trinajstić information content (AvgIpc) is 2.80. The predicted molar refractivity (Wildman–Crippen MR) is 68.3 cm³/mol. The van der Waals surface area contributed by atoms with Gasteiger partial charge in [0.15, 0.2) is 0 Å². The van der Waals surface area contributed by atoms with Gasteiger partial charge < -0.3 is 15.3 Å². The number of carbonyl (C=O) groups excluding carboxylic acids is 1. The number of hydrogen-bond donors (Lipinski definition) is 2. The van der Waals surface area contributed by atoms with E-state index in [2.05, 4.69) is 16.3 Å². The largest absolute Gasteiger partial charge is 0.480 e. The summed E-state index contributed by atoms with van der Waals surface area (Å²) in [6.07, 6.45) is 8.52. The van der Waals surface area contributed by atoms with Crippen molar-refractivity contribution in [2.45, 2.75) is 19.5 Å². The first-order valence-corrected chi connectivity index (χ1v) is 5.71. The first kappa shape index (κ1) is 14.6. The van der Waals surface area contributed by atoms with Crippen LogP contribution in [0.25, 0.3) is 0 Å². The Morgan fingerprint density at radius 2 is 2.37 bits per heavy atom. The molecule has 0 aliphatic heterocycles. The first-order chi connectivity index (χ1) is 9.02. The van der Waals surface area contributed by atoms with E-state index in [1.807, 2.05) is 0 Å². The standard InChI is InChI=1S/C12H16N4O3/c1-3-6-15(9-11(17)18)12(19)14-10(2)8-16-7-4-5-13-16/h1,4-5,7,10H,6,8-9H2,2H3,(H,14,19)(H,17,18). The Bertz CT molecular complexity index is 464. The molecule has 1 rings (SSSR count). The molecule has 2 N–H and O–H groups in total. The van der Waals surface area contributed by atoms with E-state index in [1.165, 1.54) is 0 Å². The number of aromatic nitrogens is 2. The van der Waals surface area contributed by atoms with Crippen molar-refractivity contribution in [1.29, 1.82) is 0 Å². The van der Waals surface area contributed by atoms with Gasteiger partial charge in [0, 0.05) is 18.4 Å². The minimum atomic E-state index is -1.11. The lowest BCUT2D eigenvalue weighted by atomic mass is 10.3. The third kappa shape index (κ3) is 5.12. The van der Waals surface area contributed by atoms with Crippen LogP contribution >= 0.6 is 0 Å². The molecule has 0 aromatic carbocycles. The van der Waals surface area contributed by atoms with Gasteiger partial charge in [0.05, 0.1) is 13.1 Å². The molecular weight excluding hydrogens is 248 g/mol. The molecule has 7 nitrogen and oxygen atoms in total. The molecule has 0 radical (unpaired) electrons. The van der Waals surface area contributed by atoms with Gasteiger partial charge in [0.1, 0.15) is 6.54 Å². The highest BCUT2D eigenvalue weighted by molar-refractivity contribution is 5.80. The van der Waals surface area contributed by atoms with Crippen LogP contribution in [0.4, 0.5) is 4.79 Å². The second-order valence-corrected chi connectivity index (χ2v) is 4.03. The number of terminal acetylenes is 1. The molecule has 0 aliphatic carbocycles. The van der Waals surface area contributed by atoms with Crippen LogP contribution in [0.5, 0.6) is 0 Å². The summed E-state index contributed by atoms with van der Waals surface area (Å²) < 4.78 is 1.67. The maximum Gasteiger partial charge on any atom is 0.323 e. The number of carboxylic acid groups (broad SMARTS) is 1. The fourth-order valence-electron chi connectivity index (χ4n) is 1.51. The number of carboxylic acids is 1. The zero-order valence-corrected chi connectivity index (χ0v) is 10.6. The number of aliphatic carboxylic acids is 1. The van der Waals surface area contributed by atoms with Crippen molar-refractivity contribution in [2.24, 2.45) is 0 Å². The van der Waals surface area contributed by atoms with E-state index in [0.29, 0.717) is 6.54 Å². The van der Waals surface area contributed by atoms with Crippen molar-refractivity contribution in [2.75, 3.05) is 13.1 Å². The zero-order chi connectivity index (χ0) is 14.3. The Labute approximate surface area is 111 Å². The molecule has 1 atom stereocenters. The SMILES string of the molecule is C#CCN(CC(=O)O)C(=O)NC(C)Cn1cccn1. The smallest absolute Gasteiger partial charge is 0.323 e. The molecule has 102 valence electrons. The van der Waals surface area contributed by atoms with Gasteiger partial charge in [-0.2, -0.15) is 5.10 Å². The van der Waals surface area contributed by atoms with E-state index in [4.69, 9.17) is 11.5 Å². The Hall–Kier alpha value is -2.49. The minimum absolute atomic E-state index is 0.0490. The molecule has 19 heavy (non-hydrogen) atoms. The van der Waals surface area contributed by atoms with Crippen LogP contribution in [0.2, 0.25) is 0 Å². The number of hydrogen-bond acceptors (Lipinski definition) is 3. The molecule has 2 amide bonds. The van der Waals surface area contributed by atoms with Crippen molar-refractivity contribution in [3.63, 3.8) is 0 Å². The fourth-order valence-corrected chi connectivity index (χ4v) is 1.51. The van der Waals surface area contributed by atoms with E-state index in [-0.39, 0.29) is 12.6 Å². The normalized spacial score (nSPS) is 11.4. The number of nitrogens with zero attached hydrogens (tertiary/aromatic N) is 3. The van der Waals surface area contributed by atoms with Crippen LogP contribution in [-0.4, -0.2) is 50.9 Å². The third-order valence-corrected chi connectivity index (χ3v) is 2.29. The molecule has 1 unspecified atom stereocenters. The molecule has 0 bridgehead atoms. The highest BCUT2D eigenvalue weighted by Crippen LogP contribution is 1.94.